The number of nitrogens with zero attached hydrogens (tertiary/aromatic N) is 2. The fourth-order valence-electron chi connectivity index (χ4n) is 5.13. The van der Waals surface area contributed by atoms with E-state index in [0.29, 0.717) is 17.3 Å². The first-order valence-corrected chi connectivity index (χ1v) is 17.2. The van der Waals surface area contributed by atoms with Crippen LogP contribution in [0.1, 0.15) is 41.7 Å². The molecule has 242 valence electrons. The van der Waals surface area contributed by atoms with Gasteiger partial charge in [0.2, 0.25) is 11.8 Å². The molecular formula is C37H42ClN3O4S. The topological polar surface area (TPSA) is 86.8 Å². The highest BCUT2D eigenvalue weighted by atomic mass is 35.5. The van der Waals surface area contributed by atoms with E-state index in [9.17, 15) is 18.0 Å². The maximum absolute atomic E-state index is 14.6. The second kappa shape index (κ2) is 15.4. The van der Waals surface area contributed by atoms with Crippen LogP contribution >= 0.6 is 11.6 Å². The number of sulfonamides is 1. The fraction of sp³-hybridized carbons (Fsp3) is 0.297. The molecule has 7 nitrogen and oxygen atoms in total. The largest absolute Gasteiger partial charge is 0.354 e. The van der Waals surface area contributed by atoms with E-state index in [1.807, 2.05) is 95.3 Å². The first-order valence-electron chi connectivity index (χ1n) is 15.4. The molecule has 0 saturated carbocycles. The lowest BCUT2D eigenvalue weighted by Gasteiger charge is -2.34. The lowest BCUT2D eigenvalue weighted by molar-refractivity contribution is -0.140. The zero-order chi connectivity index (χ0) is 33.4. The van der Waals surface area contributed by atoms with Gasteiger partial charge < -0.3 is 10.2 Å². The van der Waals surface area contributed by atoms with Crippen LogP contribution in [-0.4, -0.2) is 44.3 Å². The molecule has 9 heteroatoms. The smallest absolute Gasteiger partial charge is 0.264 e. The number of rotatable bonds is 13. The third-order valence-electron chi connectivity index (χ3n) is 7.85. The molecule has 0 aliphatic heterocycles. The van der Waals surface area contributed by atoms with Crippen LogP contribution in [0.15, 0.2) is 102 Å². The predicted octanol–water partition coefficient (Wildman–Crippen LogP) is 6.87. The van der Waals surface area contributed by atoms with Gasteiger partial charge in [0.1, 0.15) is 12.6 Å². The summed E-state index contributed by atoms with van der Waals surface area (Å²) >= 11 is 6.08. The van der Waals surface area contributed by atoms with Gasteiger partial charge >= 0.3 is 0 Å². The quantitative estimate of drug-likeness (QED) is 0.170. The highest BCUT2D eigenvalue weighted by Gasteiger charge is 2.34. The number of nitrogens with one attached hydrogen (secondary N) is 1. The molecule has 0 aromatic heterocycles. The molecule has 0 spiro atoms. The molecule has 0 bridgehead atoms. The summed E-state index contributed by atoms with van der Waals surface area (Å²) in [4.78, 5) is 30.0. The Morgan fingerprint density at radius 3 is 2.11 bits per heavy atom. The van der Waals surface area contributed by atoms with E-state index in [-0.39, 0.29) is 29.7 Å². The van der Waals surface area contributed by atoms with Crippen LogP contribution in [0.3, 0.4) is 0 Å². The lowest BCUT2D eigenvalue weighted by atomic mass is 10.0. The van der Waals surface area contributed by atoms with Gasteiger partial charge in [-0.3, -0.25) is 13.9 Å². The van der Waals surface area contributed by atoms with Crippen molar-refractivity contribution < 1.29 is 18.0 Å². The molecule has 0 unspecified atom stereocenters. The van der Waals surface area contributed by atoms with Crippen LogP contribution in [0.5, 0.6) is 0 Å². The van der Waals surface area contributed by atoms with Crippen molar-refractivity contribution in [1.29, 1.82) is 0 Å². The number of hydrogen-bond donors (Lipinski definition) is 1. The average Bonchev–Trinajstić information content (AvgIpc) is 3.02. The maximum Gasteiger partial charge on any atom is 0.264 e. The van der Waals surface area contributed by atoms with Gasteiger partial charge in [0, 0.05) is 24.5 Å². The zero-order valence-corrected chi connectivity index (χ0v) is 28.6. The normalized spacial score (nSPS) is 12.1. The lowest BCUT2D eigenvalue weighted by Crippen LogP contribution is -2.53. The van der Waals surface area contributed by atoms with Gasteiger partial charge in [-0.1, -0.05) is 91.7 Å². The summed E-state index contributed by atoms with van der Waals surface area (Å²) in [7, 11) is -4.21. The number of amides is 2. The van der Waals surface area contributed by atoms with Gasteiger partial charge in [0.05, 0.1) is 10.6 Å². The Morgan fingerprint density at radius 1 is 0.804 bits per heavy atom. The van der Waals surface area contributed by atoms with Crippen molar-refractivity contribution >= 4 is 39.1 Å². The molecule has 4 aromatic carbocycles. The molecule has 4 rings (SSSR count). The van der Waals surface area contributed by atoms with Gasteiger partial charge in [-0.25, -0.2) is 8.42 Å². The first kappa shape index (κ1) is 34.7. The van der Waals surface area contributed by atoms with E-state index in [1.165, 1.54) is 29.2 Å². The summed E-state index contributed by atoms with van der Waals surface area (Å²) in [6.45, 7) is 9.86. The molecule has 4 aromatic rings. The monoisotopic (exact) mass is 659 g/mol. The van der Waals surface area contributed by atoms with E-state index in [0.717, 1.165) is 32.1 Å². The molecule has 46 heavy (non-hydrogen) atoms. The summed E-state index contributed by atoms with van der Waals surface area (Å²) in [5, 5.41) is 3.41. The van der Waals surface area contributed by atoms with E-state index >= 15 is 0 Å². The van der Waals surface area contributed by atoms with E-state index < -0.39 is 28.5 Å². The van der Waals surface area contributed by atoms with Crippen molar-refractivity contribution in [2.45, 2.75) is 58.5 Å². The van der Waals surface area contributed by atoms with Gasteiger partial charge in [-0.15, -0.1) is 0 Å². The first-order chi connectivity index (χ1) is 21.8. The summed E-state index contributed by atoms with van der Waals surface area (Å²) in [6.07, 6.45) is 0.260. The molecular weight excluding hydrogens is 618 g/mol. The van der Waals surface area contributed by atoms with Crippen molar-refractivity contribution in [3.63, 3.8) is 0 Å². The van der Waals surface area contributed by atoms with Crippen LogP contribution < -0.4 is 9.62 Å². The van der Waals surface area contributed by atoms with Crippen molar-refractivity contribution in [3.05, 3.63) is 130 Å². The van der Waals surface area contributed by atoms with Crippen LogP contribution in [0.25, 0.3) is 0 Å². The highest BCUT2D eigenvalue weighted by molar-refractivity contribution is 7.92. The molecule has 1 atom stereocenters. The van der Waals surface area contributed by atoms with Crippen molar-refractivity contribution in [1.82, 2.24) is 10.2 Å². The summed E-state index contributed by atoms with van der Waals surface area (Å²) < 4.78 is 29.5. The third kappa shape index (κ3) is 8.98. The van der Waals surface area contributed by atoms with Gasteiger partial charge in [0.25, 0.3) is 10.0 Å². The van der Waals surface area contributed by atoms with Crippen molar-refractivity contribution in [2.75, 3.05) is 17.4 Å². The molecule has 1 N–H and O–H groups in total. The number of halogens is 1. The number of hydrogen-bond acceptors (Lipinski definition) is 4. The number of anilines is 1. The average molecular weight is 660 g/mol. The van der Waals surface area contributed by atoms with Crippen LogP contribution in [0.4, 0.5) is 5.69 Å². The van der Waals surface area contributed by atoms with Crippen LogP contribution in [-0.2, 0) is 32.6 Å². The van der Waals surface area contributed by atoms with Crippen molar-refractivity contribution in [3.8, 4) is 0 Å². The second-order valence-corrected chi connectivity index (χ2v) is 14.4. The minimum Gasteiger partial charge on any atom is -0.354 e. The molecule has 0 aliphatic carbocycles. The van der Waals surface area contributed by atoms with Crippen LogP contribution in [0, 0.1) is 26.7 Å². The number of benzene rings is 4. The Hall–Kier alpha value is -4.14. The Morgan fingerprint density at radius 2 is 1.48 bits per heavy atom. The second-order valence-electron chi connectivity index (χ2n) is 12.1. The Labute approximate surface area is 278 Å². The van der Waals surface area contributed by atoms with Crippen LogP contribution in [0.2, 0.25) is 5.02 Å². The molecule has 0 saturated heterocycles. The number of carbonyl (C=O) groups is 2. The van der Waals surface area contributed by atoms with Gasteiger partial charge in [-0.2, -0.15) is 0 Å². The predicted molar refractivity (Wildman–Crippen MR) is 185 cm³/mol. The van der Waals surface area contributed by atoms with E-state index in [2.05, 4.69) is 5.32 Å². The highest BCUT2D eigenvalue weighted by Crippen LogP contribution is 2.28. The van der Waals surface area contributed by atoms with E-state index in [1.54, 1.807) is 12.1 Å². The molecule has 0 radical (unpaired) electrons. The number of carbonyl (C=O) groups excluding carboxylic acids is 2. The Balaban J connectivity index is 1.82. The molecule has 0 aliphatic rings. The van der Waals surface area contributed by atoms with Crippen molar-refractivity contribution in [2.24, 2.45) is 5.92 Å². The minimum atomic E-state index is -4.21. The Kier molecular flexibility index (Phi) is 11.7. The summed E-state index contributed by atoms with van der Waals surface area (Å²) in [5.74, 6) is -0.596. The standard InChI is InChI=1S/C37H42ClN3O4S/c1-26(2)23-39-37(43)35(22-30-11-7-6-8-12-30)40(24-31-13-9-10-27(3)20-31)36(42)25-41(33-17-14-28(4)29(5)21-33)46(44,45)34-18-15-32(38)16-19-34/h6-21,26,35H,22-25H2,1-5H3,(H,39,43)/t35-/m1/s1. The minimum absolute atomic E-state index is 0.00340. The Bertz CT molecular complexity index is 1760. The maximum atomic E-state index is 14.6. The molecule has 0 heterocycles. The van der Waals surface area contributed by atoms with Gasteiger partial charge in [-0.05, 0) is 85.3 Å². The SMILES string of the molecule is Cc1cccc(CN(C(=O)CN(c2ccc(C)c(C)c2)S(=O)(=O)c2ccc(Cl)cc2)[C@H](Cc2ccccc2)C(=O)NCC(C)C)c1. The molecule has 0 fully saturated rings. The van der Waals surface area contributed by atoms with Gasteiger partial charge in [0.15, 0.2) is 0 Å². The summed E-state index contributed by atoms with van der Waals surface area (Å²) in [5.41, 5.74) is 4.95. The number of aryl methyl sites for hydroxylation is 3. The third-order valence-corrected chi connectivity index (χ3v) is 9.89. The summed E-state index contributed by atoms with van der Waals surface area (Å²) in [6, 6.07) is 27.6. The van der Waals surface area contributed by atoms with E-state index in [4.69, 9.17) is 11.6 Å². The molecule has 2 amide bonds. The zero-order valence-electron chi connectivity index (χ0n) is 27.0. The fourth-order valence-corrected chi connectivity index (χ4v) is 6.66.